The minimum absolute atomic E-state index is 0.0121. The number of nitrogens with two attached hydrogens (primary N) is 1. The number of benzene rings is 4. The van der Waals surface area contributed by atoms with Crippen molar-refractivity contribution < 1.29 is 75.7 Å². The number of nitrogens with zero attached hydrogens (tertiary/aromatic N) is 6. The standard InChI is InChI=1S/C34H38F3N5O7.C32H39N5O6/c1-7-8-47-29-16(3)30-31(49-14-48-30)25-19(29)11-21-26-24-18(9-15(2)28(46-6)27(24)43)10-20(41(26)5)22(12-38)42(21)23(25)13-39-32(44)17(4)40-33(45)34(35,36)37;1-7-8-41-29-16(3)30-31(43-14-42-30)25-19(29)11-21-26-24-18(9-15(2)28(40-6)27(24)38)10-20(36(26)5)22(12-33)37(21)23(25)13-35-32(39)17(4)34/h7,9,17,20-23,26,43H,1,8,10-11,13-14H2,2-6H3,(H,39,44)(H,40,45);7,9,17,20-23,26,38H,1,8,10-11,13-14,34H2,2-6H3,(H,35,39)/t2*17-,20-,21?,22-,23-,26-/m00/s1. The Morgan fingerprint density at radius 1 is 0.674 bits per heavy atom. The summed E-state index contributed by atoms with van der Waals surface area (Å²) in [6, 6.07) is 2.55. The number of nitrogens with one attached hydrogen (secondary N) is 3. The van der Waals surface area contributed by atoms with Gasteiger partial charge in [-0.2, -0.15) is 23.7 Å². The molecule has 92 heavy (non-hydrogen) atoms. The van der Waals surface area contributed by atoms with Crippen LogP contribution in [0.5, 0.6) is 57.5 Å². The molecule has 490 valence electrons. The number of nitriles is 2. The van der Waals surface area contributed by atoms with Crippen LogP contribution in [0.3, 0.4) is 0 Å². The number of hydrogen-bond donors (Lipinski definition) is 6. The van der Waals surface area contributed by atoms with E-state index < -0.39 is 66.3 Å². The molecule has 0 aliphatic carbocycles. The lowest BCUT2D eigenvalue weighted by molar-refractivity contribution is -0.174. The molecule has 26 heteroatoms. The van der Waals surface area contributed by atoms with E-state index in [-0.39, 0.29) is 74.9 Å². The molecule has 12 rings (SSSR count). The monoisotopic (exact) mass is 1270 g/mol. The minimum Gasteiger partial charge on any atom is -0.504 e. The summed E-state index contributed by atoms with van der Waals surface area (Å²) in [6.07, 6.45) is 0.00152. The Balaban J connectivity index is 0.000000190. The van der Waals surface area contributed by atoms with E-state index in [1.165, 1.54) is 7.11 Å². The van der Waals surface area contributed by atoms with Crippen molar-refractivity contribution in [1.82, 2.24) is 35.6 Å². The average molecular weight is 1280 g/mol. The van der Waals surface area contributed by atoms with E-state index in [1.54, 1.807) is 31.5 Å². The number of hydrogen-bond acceptors (Lipinski definition) is 20. The Morgan fingerprint density at radius 3 is 1.45 bits per heavy atom. The average Bonchev–Trinajstić information content (AvgIpc) is 0.889. The number of halogens is 3. The van der Waals surface area contributed by atoms with Gasteiger partial charge in [-0.25, -0.2) is 0 Å². The van der Waals surface area contributed by atoms with E-state index >= 15 is 0 Å². The second kappa shape index (κ2) is 25.1. The third-order valence-electron chi connectivity index (χ3n) is 19.6. The van der Waals surface area contributed by atoms with Crippen LogP contribution in [0, 0.1) is 50.4 Å². The molecule has 4 bridgehead atoms. The predicted molar refractivity (Wildman–Crippen MR) is 327 cm³/mol. The van der Waals surface area contributed by atoms with Gasteiger partial charge in [0.05, 0.1) is 56.6 Å². The number of fused-ring (bicyclic) bond motifs is 18. The fraction of sp³-hybridized carbons (Fsp3) is 0.500. The predicted octanol–water partition coefficient (Wildman–Crippen LogP) is 5.81. The van der Waals surface area contributed by atoms with E-state index in [2.05, 4.69) is 56.7 Å². The molecule has 8 aliphatic rings. The van der Waals surface area contributed by atoms with Crippen molar-refractivity contribution in [2.75, 3.05) is 68.2 Å². The van der Waals surface area contributed by atoms with Crippen molar-refractivity contribution >= 4 is 17.7 Å². The number of alkyl halides is 3. The van der Waals surface area contributed by atoms with Crippen LogP contribution in [0.15, 0.2) is 37.4 Å². The van der Waals surface area contributed by atoms with Gasteiger partial charge in [-0.1, -0.05) is 37.4 Å². The zero-order valence-electron chi connectivity index (χ0n) is 53.0. The van der Waals surface area contributed by atoms with E-state index in [9.17, 15) is 48.3 Å². The van der Waals surface area contributed by atoms with Crippen molar-refractivity contribution in [2.45, 2.75) is 146 Å². The smallest absolute Gasteiger partial charge is 0.471 e. The van der Waals surface area contributed by atoms with Crippen LogP contribution in [0.1, 0.15) is 105 Å². The third-order valence-corrected chi connectivity index (χ3v) is 19.6. The molecule has 23 nitrogen and oxygen atoms in total. The summed E-state index contributed by atoms with van der Waals surface area (Å²) >= 11 is 0. The number of carbonyl (C=O) groups is 3. The van der Waals surface area contributed by atoms with Crippen molar-refractivity contribution in [1.29, 1.82) is 10.5 Å². The summed E-state index contributed by atoms with van der Waals surface area (Å²) < 4.78 is 86.6. The molecule has 12 atom stereocenters. The molecule has 8 heterocycles. The number of rotatable bonds is 15. The fourth-order valence-electron chi connectivity index (χ4n) is 15.8. The summed E-state index contributed by atoms with van der Waals surface area (Å²) in [5, 5.41) is 52.2. The highest BCUT2D eigenvalue weighted by molar-refractivity contribution is 5.89. The normalized spacial score (nSPS) is 25.1. The van der Waals surface area contributed by atoms with Crippen LogP contribution < -0.4 is 59.6 Å². The lowest BCUT2D eigenvalue weighted by atomic mass is 9.71. The molecule has 0 saturated carbocycles. The number of amides is 3. The summed E-state index contributed by atoms with van der Waals surface area (Å²) in [5.41, 5.74) is 15.6. The quantitative estimate of drug-likeness (QED) is 0.0766. The van der Waals surface area contributed by atoms with Crippen molar-refractivity contribution in [3.63, 3.8) is 0 Å². The van der Waals surface area contributed by atoms with Gasteiger partial charge >= 0.3 is 12.1 Å². The molecule has 2 saturated heterocycles. The number of phenolic OH excluding ortho intramolecular Hbond substituents is 2. The SMILES string of the molecule is C=CCOc1c(C)c2c(c3c1CC1[C@H]4c5c(cc(C)c(OC)c5O)C[C@@H]([C@H](C#N)N1[C@H]3CNC(=O)[C@H](C)N)N4C)OCO2.C=CCOc1c(C)c2c(c3c1CC1[C@H]4c5c(cc(C)c(OC)c5O)C[C@@H]([C@H](C#N)N1[C@H]3CNC(=O)[C@H](C)NC(=O)C(F)(F)F)N4C)OCO2. The van der Waals surface area contributed by atoms with Crippen LogP contribution in [0.2, 0.25) is 0 Å². The van der Waals surface area contributed by atoms with Gasteiger partial charge in [0, 0.05) is 81.8 Å². The third kappa shape index (κ3) is 10.5. The van der Waals surface area contributed by atoms with E-state index in [4.69, 9.17) is 43.6 Å². The molecule has 8 aliphatic heterocycles. The topological polar surface area (TPSA) is 288 Å². The first-order valence-electron chi connectivity index (χ1n) is 30.5. The molecule has 4 aromatic carbocycles. The maximum Gasteiger partial charge on any atom is 0.471 e. The van der Waals surface area contributed by atoms with Crippen LogP contribution in [-0.4, -0.2) is 170 Å². The molecule has 4 aromatic rings. The van der Waals surface area contributed by atoms with Crippen LogP contribution >= 0.6 is 0 Å². The van der Waals surface area contributed by atoms with Gasteiger partial charge in [0.15, 0.2) is 46.0 Å². The second-order valence-corrected chi connectivity index (χ2v) is 24.7. The number of methoxy groups -OCH3 is 2. The van der Waals surface area contributed by atoms with Crippen LogP contribution in [0.4, 0.5) is 13.2 Å². The molecule has 2 unspecified atom stereocenters. The maximum absolute atomic E-state index is 13.2. The molecule has 3 amide bonds. The summed E-state index contributed by atoms with van der Waals surface area (Å²) in [7, 11) is 6.99. The Bertz CT molecular complexity index is 3770. The molecular weight excluding hydrogens is 1200 g/mol. The zero-order chi connectivity index (χ0) is 66.3. The number of phenols is 2. The molecule has 2 fully saturated rings. The summed E-state index contributed by atoms with van der Waals surface area (Å²) in [6.45, 7) is 18.5. The summed E-state index contributed by atoms with van der Waals surface area (Å²) in [5.74, 6) is 0.859. The molecule has 0 spiro atoms. The molecule has 7 N–H and O–H groups in total. The lowest BCUT2D eigenvalue weighted by Crippen LogP contribution is -2.69. The van der Waals surface area contributed by atoms with Gasteiger partial charge in [-0.3, -0.25) is 34.0 Å². The highest BCUT2D eigenvalue weighted by Gasteiger charge is 2.59. The second-order valence-electron chi connectivity index (χ2n) is 24.7. The number of ether oxygens (including phenoxy) is 8. The molecule has 0 radical (unpaired) electrons. The fourth-order valence-corrected chi connectivity index (χ4v) is 15.8. The highest BCUT2D eigenvalue weighted by Crippen LogP contribution is 2.61. The van der Waals surface area contributed by atoms with Gasteiger partial charge in [0.25, 0.3) is 0 Å². The largest absolute Gasteiger partial charge is 0.504 e. The lowest BCUT2D eigenvalue weighted by Gasteiger charge is -2.60. The van der Waals surface area contributed by atoms with Crippen LogP contribution in [0.25, 0.3) is 0 Å². The first-order valence-corrected chi connectivity index (χ1v) is 30.5. The van der Waals surface area contributed by atoms with Crippen molar-refractivity contribution in [2.24, 2.45) is 5.73 Å². The van der Waals surface area contributed by atoms with Crippen LogP contribution in [-0.2, 0) is 40.1 Å². The number of likely N-dealkylation sites (N-methyl/N-ethyl adjacent to an activating group) is 2. The first-order chi connectivity index (χ1) is 43.9. The number of aryl methyl sites for hydroxylation is 2. The number of piperazine rings is 2. The Labute approximate surface area is 531 Å². The Kier molecular flexibility index (Phi) is 17.7. The Hall–Kier alpha value is -8.66. The van der Waals surface area contributed by atoms with Crippen molar-refractivity contribution in [3.05, 3.63) is 104 Å². The Morgan fingerprint density at radius 2 is 1.08 bits per heavy atom. The number of carbonyl (C=O) groups excluding carboxylic acids is 3. The molecular formula is C66H77F3N10O13. The van der Waals surface area contributed by atoms with Gasteiger partial charge in [0.1, 0.15) is 42.8 Å². The van der Waals surface area contributed by atoms with Gasteiger partial charge in [-0.15, -0.1) is 0 Å². The van der Waals surface area contributed by atoms with Gasteiger partial charge < -0.3 is 69.8 Å². The summed E-state index contributed by atoms with van der Waals surface area (Å²) in [4.78, 5) is 46.1. The highest BCUT2D eigenvalue weighted by atomic mass is 19.4. The first kappa shape index (κ1) is 64.9. The number of aromatic hydroxyl groups is 2. The van der Waals surface area contributed by atoms with E-state index in [0.717, 1.165) is 57.0 Å². The van der Waals surface area contributed by atoms with Gasteiger partial charge in [0.2, 0.25) is 25.4 Å². The van der Waals surface area contributed by atoms with E-state index in [0.29, 0.717) is 95.0 Å². The van der Waals surface area contributed by atoms with Crippen molar-refractivity contribution in [3.8, 4) is 69.6 Å². The van der Waals surface area contributed by atoms with E-state index in [1.807, 2.05) is 52.8 Å². The molecule has 0 aromatic heterocycles. The zero-order valence-corrected chi connectivity index (χ0v) is 53.0. The minimum atomic E-state index is -5.16. The van der Waals surface area contributed by atoms with Gasteiger partial charge in [-0.05, 0) is 104 Å². The maximum atomic E-state index is 13.2.